The molecule has 0 saturated carbocycles. The van der Waals surface area contributed by atoms with Crippen LogP contribution in [0.2, 0.25) is 0 Å². The van der Waals surface area contributed by atoms with Crippen LogP contribution in [0.5, 0.6) is 0 Å². The molecule has 0 spiro atoms. The summed E-state index contributed by atoms with van der Waals surface area (Å²) in [6.45, 7) is 2.65. The molecule has 1 amide bonds. The molecular formula is C19H20N2O6. The summed E-state index contributed by atoms with van der Waals surface area (Å²) in [6.07, 6.45) is 3.06. The molecule has 1 aromatic carbocycles. The lowest BCUT2D eigenvalue weighted by Crippen LogP contribution is -2.33. The van der Waals surface area contributed by atoms with Gasteiger partial charge >= 0.3 is 5.97 Å². The van der Waals surface area contributed by atoms with E-state index in [1.54, 1.807) is 19.1 Å². The first kappa shape index (κ1) is 18.8. The second-order valence-electron chi connectivity index (χ2n) is 6.38. The summed E-state index contributed by atoms with van der Waals surface area (Å²) < 4.78 is 10.4. The first-order chi connectivity index (χ1) is 12.9. The normalized spacial score (nSPS) is 21.3. The van der Waals surface area contributed by atoms with Gasteiger partial charge in [-0.2, -0.15) is 0 Å². The summed E-state index contributed by atoms with van der Waals surface area (Å²) in [4.78, 5) is 37.5. The van der Waals surface area contributed by atoms with Gasteiger partial charge in [0.05, 0.1) is 41.4 Å². The van der Waals surface area contributed by atoms with Gasteiger partial charge in [0.25, 0.3) is 11.6 Å². The number of esters is 1. The highest BCUT2D eigenvalue weighted by atomic mass is 16.6. The Morgan fingerprint density at radius 2 is 2.19 bits per heavy atom. The third-order valence-electron chi connectivity index (χ3n) is 4.74. The number of hydrogen-bond acceptors (Lipinski definition) is 6. The van der Waals surface area contributed by atoms with Crippen LogP contribution in [-0.2, 0) is 19.1 Å². The summed E-state index contributed by atoms with van der Waals surface area (Å²) in [7, 11) is 1.23. The average molecular weight is 372 g/mol. The molecule has 0 bridgehead atoms. The molecule has 8 nitrogen and oxygen atoms in total. The third-order valence-corrected chi connectivity index (χ3v) is 4.74. The molecular weight excluding hydrogens is 352 g/mol. The highest BCUT2D eigenvalue weighted by Gasteiger charge is 2.38. The highest BCUT2D eigenvalue weighted by Crippen LogP contribution is 2.34. The summed E-state index contributed by atoms with van der Waals surface area (Å²) in [5.74, 6) is -1.04. The number of para-hydroxylation sites is 1. The van der Waals surface area contributed by atoms with Crippen molar-refractivity contribution < 1.29 is 24.0 Å². The van der Waals surface area contributed by atoms with Crippen molar-refractivity contribution in [3.05, 3.63) is 56.8 Å². The molecule has 142 valence electrons. The van der Waals surface area contributed by atoms with Crippen LogP contribution in [0.1, 0.15) is 25.3 Å². The quantitative estimate of drug-likeness (QED) is 0.341. The van der Waals surface area contributed by atoms with Gasteiger partial charge in [-0.15, -0.1) is 0 Å². The zero-order chi connectivity index (χ0) is 19.6. The molecule has 2 aliphatic heterocycles. The zero-order valence-corrected chi connectivity index (χ0v) is 15.1. The molecule has 0 N–H and O–H groups in total. The Bertz CT molecular complexity index is 852. The van der Waals surface area contributed by atoms with Crippen molar-refractivity contribution in [1.82, 2.24) is 4.90 Å². The van der Waals surface area contributed by atoms with Gasteiger partial charge in [-0.25, -0.2) is 4.79 Å². The number of nitro groups is 1. The fraction of sp³-hybridized carbons (Fsp3) is 0.368. The number of amides is 1. The Kier molecular flexibility index (Phi) is 5.36. The Balaban J connectivity index is 2.04. The number of benzene rings is 1. The van der Waals surface area contributed by atoms with Crippen molar-refractivity contribution >= 4 is 23.6 Å². The van der Waals surface area contributed by atoms with E-state index in [1.165, 1.54) is 30.2 Å². The van der Waals surface area contributed by atoms with Crippen molar-refractivity contribution in [3.8, 4) is 0 Å². The number of nitro benzene ring substituents is 1. The van der Waals surface area contributed by atoms with Gasteiger partial charge in [0.1, 0.15) is 0 Å². The fourth-order valence-electron chi connectivity index (χ4n) is 3.37. The van der Waals surface area contributed by atoms with Gasteiger partial charge in [0.15, 0.2) is 0 Å². The van der Waals surface area contributed by atoms with Gasteiger partial charge in [0.2, 0.25) is 0 Å². The monoisotopic (exact) mass is 372 g/mol. The Hall–Kier alpha value is -3.00. The Labute approximate surface area is 156 Å². The topological polar surface area (TPSA) is 99.0 Å². The van der Waals surface area contributed by atoms with Gasteiger partial charge in [-0.3, -0.25) is 14.9 Å². The van der Waals surface area contributed by atoms with Crippen LogP contribution >= 0.6 is 0 Å². The molecule has 2 aliphatic rings. The van der Waals surface area contributed by atoms with Crippen molar-refractivity contribution in [2.24, 2.45) is 0 Å². The van der Waals surface area contributed by atoms with E-state index in [1.807, 2.05) is 0 Å². The van der Waals surface area contributed by atoms with Gasteiger partial charge in [-0.05, 0) is 31.9 Å². The molecule has 0 aliphatic carbocycles. The van der Waals surface area contributed by atoms with Crippen LogP contribution in [0.3, 0.4) is 0 Å². The van der Waals surface area contributed by atoms with Crippen LogP contribution < -0.4 is 0 Å². The number of allylic oxidation sites excluding steroid dienone is 1. The third kappa shape index (κ3) is 3.61. The summed E-state index contributed by atoms with van der Waals surface area (Å²) in [6, 6.07) is 6.07. The van der Waals surface area contributed by atoms with E-state index in [0.717, 1.165) is 12.8 Å². The molecule has 27 heavy (non-hydrogen) atoms. The van der Waals surface area contributed by atoms with E-state index in [4.69, 9.17) is 9.47 Å². The van der Waals surface area contributed by atoms with Crippen LogP contribution in [0.4, 0.5) is 5.69 Å². The maximum atomic E-state index is 13.0. The number of nitrogens with zero attached hydrogens (tertiary/aromatic N) is 2. The first-order valence-electron chi connectivity index (χ1n) is 8.62. The number of hydrogen-bond donors (Lipinski definition) is 0. The lowest BCUT2D eigenvalue weighted by Gasteiger charge is -2.21. The Morgan fingerprint density at radius 3 is 2.81 bits per heavy atom. The second-order valence-corrected chi connectivity index (χ2v) is 6.38. The Morgan fingerprint density at radius 1 is 1.44 bits per heavy atom. The number of ether oxygens (including phenoxy) is 2. The number of carbonyl (C=O) groups is 2. The van der Waals surface area contributed by atoms with Crippen LogP contribution in [0, 0.1) is 10.1 Å². The van der Waals surface area contributed by atoms with Crippen molar-refractivity contribution in [1.29, 1.82) is 0 Å². The van der Waals surface area contributed by atoms with E-state index in [-0.39, 0.29) is 34.4 Å². The van der Waals surface area contributed by atoms with Gasteiger partial charge in [0, 0.05) is 18.4 Å². The van der Waals surface area contributed by atoms with Gasteiger partial charge in [-0.1, -0.05) is 12.1 Å². The van der Waals surface area contributed by atoms with E-state index in [2.05, 4.69) is 0 Å². The maximum Gasteiger partial charge on any atom is 0.340 e. The summed E-state index contributed by atoms with van der Waals surface area (Å²) in [5, 5.41) is 11.3. The molecule has 1 aromatic rings. The molecule has 0 unspecified atom stereocenters. The minimum absolute atomic E-state index is 0.0895. The lowest BCUT2D eigenvalue weighted by atomic mass is 10.0. The number of rotatable bonds is 5. The van der Waals surface area contributed by atoms with Crippen LogP contribution in [0.25, 0.3) is 6.08 Å². The average Bonchev–Trinajstić information content (AvgIpc) is 3.24. The molecule has 0 radical (unpaired) electrons. The first-order valence-corrected chi connectivity index (χ1v) is 8.62. The fourth-order valence-corrected chi connectivity index (χ4v) is 3.37. The molecule has 3 rings (SSSR count). The largest absolute Gasteiger partial charge is 0.465 e. The molecule has 0 aromatic heterocycles. The zero-order valence-electron chi connectivity index (χ0n) is 15.1. The standard InChI is InChI=1S/C19H20N2O6/c1-12-17(19(23)26-2)15(10-13-6-3-4-8-16(13)21(24)25)18(22)20(12)11-14-7-5-9-27-14/h3-4,6,8,10,14H,5,7,9,11H2,1-2H3/b15-10-/t14-/m0/s1. The maximum absolute atomic E-state index is 13.0. The second kappa shape index (κ2) is 7.71. The van der Waals surface area contributed by atoms with Crippen molar-refractivity contribution in [3.63, 3.8) is 0 Å². The highest BCUT2D eigenvalue weighted by molar-refractivity contribution is 6.16. The van der Waals surface area contributed by atoms with Crippen molar-refractivity contribution in [2.45, 2.75) is 25.9 Å². The molecule has 1 fully saturated rings. The number of carbonyl (C=O) groups excluding carboxylic acids is 2. The molecule has 1 atom stereocenters. The van der Waals surface area contributed by atoms with Crippen LogP contribution in [-0.4, -0.2) is 48.1 Å². The lowest BCUT2D eigenvalue weighted by molar-refractivity contribution is -0.385. The van der Waals surface area contributed by atoms with Crippen LogP contribution in [0.15, 0.2) is 41.1 Å². The molecule has 2 heterocycles. The summed E-state index contributed by atoms with van der Waals surface area (Å²) >= 11 is 0. The van der Waals surface area contributed by atoms with E-state index in [9.17, 15) is 19.7 Å². The van der Waals surface area contributed by atoms with Gasteiger partial charge < -0.3 is 14.4 Å². The molecule has 1 saturated heterocycles. The van der Waals surface area contributed by atoms with E-state index < -0.39 is 10.9 Å². The molecule has 8 heteroatoms. The van der Waals surface area contributed by atoms with E-state index in [0.29, 0.717) is 18.8 Å². The summed E-state index contributed by atoms with van der Waals surface area (Å²) in [5.41, 5.74) is 0.786. The number of methoxy groups -OCH3 is 1. The smallest absolute Gasteiger partial charge is 0.340 e. The van der Waals surface area contributed by atoms with E-state index >= 15 is 0 Å². The minimum atomic E-state index is -0.652. The SMILES string of the molecule is COC(=O)C1=C(C)N(C[C@@H]2CCCO2)C(=O)/C1=C\c1ccccc1[N+](=O)[O-]. The predicted molar refractivity (Wildman–Crippen MR) is 96.5 cm³/mol. The predicted octanol–water partition coefficient (Wildman–Crippen LogP) is 2.45. The minimum Gasteiger partial charge on any atom is -0.465 e. The van der Waals surface area contributed by atoms with Crippen molar-refractivity contribution in [2.75, 3.05) is 20.3 Å².